The van der Waals surface area contributed by atoms with Crippen molar-refractivity contribution in [3.63, 3.8) is 0 Å². The van der Waals surface area contributed by atoms with Crippen LogP contribution in [0.1, 0.15) is 5.56 Å². The number of fused-ring (bicyclic) bond motifs is 1. The van der Waals surface area contributed by atoms with E-state index in [0.29, 0.717) is 21.5 Å². The van der Waals surface area contributed by atoms with Crippen LogP contribution >= 0.6 is 34.7 Å². The molecule has 0 saturated carbocycles. The minimum atomic E-state index is -0.147. The fraction of sp³-hybridized carbons (Fsp3) is 0.111. The van der Waals surface area contributed by atoms with Crippen LogP contribution in [0.3, 0.4) is 0 Å². The number of nitrogens with zero attached hydrogens (tertiary/aromatic N) is 4. The second-order valence-corrected chi connectivity index (χ2v) is 8.05. The van der Waals surface area contributed by atoms with Gasteiger partial charge >= 0.3 is 0 Å². The summed E-state index contributed by atoms with van der Waals surface area (Å²) in [5.41, 5.74) is 3.12. The molecule has 0 aliphatic rings. The molecule has 0 aliphatic carbocycles. The van der Waals surface area contributed by atoms with Crippen molar-refractivity contribution in [1.29, 1.82) is 0 Å². The highest BCUT2D eigenvalue weighted by Gasteiger charge is 2.12. The lowest BCUT2D eigenvalue weighted by atomic mass is 10.2. The van der Waals surface area contributed by atoms with Gasteiger partial charge in [-0.25, -0.2) is 0 Å². The number of benzene rings is 1. The maximum absolute atomic E-state index is 12.2. The van der Waals surface area contributed by atoms with Crippen molar-refractivity contribution in [2.45, 2.75) is 12.1 Å². The quantitative estimate of drug-likeness (QED) is 0.484. The van der Waals surface area contributed by atoms with Crippen LogP contribution in [0.5, 0.6) is 0 Å². The molecule has 3 heterocycles. The number of rotatable bonds is 5. The van der Waals surface area contributed by atoms with E-state index < -0.39 is 0 Å². The number of hydrogen-bond donors (Lipinski definition) is 1. The molecular weight excluding hydrogens is 402 g/mol. The second kappa shape index (κ2) is 7.67. The molecule has 0 spiro atoms. The molecule has 0 aliphatic heterocycles. The Morgan fingerprint density at radius 2 is 2.15 bits per heavy atom. The van der Waals surface area contributed by atoms with Gasteiger partial charge in [-0.2, -0.15) is 9.61 Å². The van der Waals surface area contributed by atoms with Gasteiger partial charge < -0.3 is 5.32 Å². The van der Waals surface area contributed by atoms with Crippen molar-refractivity contribution in [2.24, 2.45) is 0 Å². The smallest absolute Gasteiger partial charge is 0.234 e. The Morgan fingerprint density at radius 3 is 2.93 bits per heavy atom. The molecule has 3 aromatic heterocycles. The van der Waals surface area contributed by atoms with Crippen molar-refractivity contribution in [2.75, 3.05) is 11.1 Å². The largest absolute Gasteiger partial charge is 0.325 e. The maximum atomic E-state index is 12.2. The highest BCUT2D eigenvalue weighted by atomic mass is 35.5. The molecule has 0 unspecified atom stereocenters. The third kappa shape index (κ3) is 3.97. The normalized spacial score (nSPS) is 11.0. The van der Waals surface area contributed by atoms with Crippen LogP contribution < -0.4 is 5.32 Å². The maximum Gasteiger partial charge on any atom is 0.234 e. The zero-order valence-corrected chi connectivity index (χ0v) is 16.6. The SMILES string of the molecule is Cc1ccc(NC(=O)CSc2nnc3ccc(-c4cccs4)nn23)cc1Cl. The number of halogens is 1. The van der Waals surface area contributed by atoms with Gasteiger partial charge in [0.05, 0.1) is 10.6 Å². The highest BCUT2D eigenvalue weighted by Crippen LogP contribution is 2.24. The number of anilines is 1. The van der Waals surface area contributed by atoms with E-state index in [1.165, 1.54) is 11.8 Å². The van der Waals surface area contributed by atoms with Crippen LogP contribution in [0.15, 0.2) is 53.0 Å². The summed E-state index contributed by atoms with van der Waals surface area (Å²) in [7, 11) is 0. The van der Waals surface area contributed by atoms with E-state index in [1.807, 2.05) is 48.7 Å². The number of thiophene rings is 1. The minimum absolute atomic E-state index is 0.147. The number of aryl methyl sites for hydroxylation is 1. The summed E-state index contributed by atoms with van der Waals surface area (Å²) >= 11 is 8.99. The Balaban J connectivity index is 1.47. The number of amides is 1. The summed E-state index contributed by atoms with van der Waals surface area (Å²) in [6.45, 7) is 1.91. The Labute approximate surface area is 168 Å². The van der Waals surface area contributed by atoms with E-state index in [-0.39, 0.29) is 11.7 Å². The molecule has 0 fully saturated rings. The standard InChI is InChI=1S/C18H14ClN5OS2/c1-11-4-5-12(9-13(11)19)20-17(25)10-27-18-22-21-16-7-6-14(23-24(16)18)15-3-2-8-26-15/h2-9H,10H2,1H3,(H,20,25). The van der Waals surface area contributed by atoms with Crippen LogP contribution in [-0.4, -0.2) is 31.5 Å². The molecule has 1 aromatic carbocycles. The van der Waals surface area contributed by atoms with E-state index in [2.05, 4.69) is 20.6 Å². The van der Waals surface area contributed by atoms with Gasteiger partial charge in [0.1, 0.15) is 5.69 Å². The number of aromatic nitrogens is 4. The van der Waals surface area contributed by atoms with Crippen LogP contribution in [-0.2, 0) is 4.79 Å². The Bertz CT molecular complexity index is 1110. The summed E-state index contributed by atoms with van der Waals surface area (Å²) < 4.78 is 1.66. The van der Waals surface area contributed by atoms with Gasteiger partial charge in [0.2, 0.25) is 11.1 Å². The van der Waals surface area contributed by atoms with Crippen molar-refractivity contribution in [1.82, 2.24) is 19.8 Å². The molecule has 1 amide bonds. The average Bonchev–Trinajstić information content (AvgIpc) is 3.32. The molecule has 4 aromatic rings. The Morgan fingerprint density at radius 1 is 1.26 bits per heavy atom. The third-order valence-electron chi connectivity index (χ3n) is 3.80. The van der Waals surface area contributed by atoms with E-state index in [4.69, 9.17) is 11.6 Å². The first-order chi connectivity index (χ1) is 13.1. The van der Waals surface area contributed by atoms with Gasteiger partial charge in [-0.15, -0.1) is 21.5 Å². The van der Waals surface area contributed by atoms with Crippen molar-refractivity contribution in [3.05, 3.63) is 58.4 Å². The van der Waals surface area contributed by atoms with Gasteiger partial charge in [-0.05, 0) is 48.2 Å². The topological polar surface area (TPSA) is 72.2 Å². The molecule has 0 bridgehead atoms. The predicted octanol–water partition coefficient (Wildman–Crippen LogP) is 4.55. The zero-order valence-electron chi connectivity index (χ0n) is 14.2. The van der Waals surface area contributed by atoms with Gasteiger partial charge in [-0.1, -0.05) is 35.5 Å². The second-order valence-electron chi connectivity index (χ2n) is 5.75. The molecule has 0 saturated heterocycles. The van der Waals surface area contributed by atoms with Crippen LogP contribution in [0, 0.1) is 6.92 Å². The summed E-state index contributed by atoms with van der Waals surface area (Å²) in [5, 5.41) is 18.9. The lowest BCUT2D eigenvalue weighted by Crippen LogP contribution is -2.14. The molecule has 9 heteroatoms. The first kappa shape index (κ1) is 18.0. The number of carbonyl (C=O) groups excluding carboxylic acids is 1. The molecule has 6 nitrogen and oxygen atoms in total. The number of carbonyl (C=O) groups is 1. The van der Waals surface area contributed by atoms with E-state index in [9.17, 15) is 4.79 Å². The van der Waals surface area contributed by atoms with Crippen LogP contribution in [0.4, 0.5) is 5.69 Å². The van der Waals surface area contributed by atoms with Crippen molar-refractivity contribution >= 4 is 51.9 Å². The fourth-order valence-electron chi connectivity index (χ4n) is 2.41. The molecule has 1 N–H and O–H groups in total. The average molecular weight is 416 g/mol. The zero-order chi connectivity index (χ0) is 18.8. The van der Waals surface area contributed by atoms with E-state index in [0.717, 1.165) is 16.1 Å². The van der Waals surface area contributed by atoms with Crippen molar-refractivity contribution in [3.8, 4) is 10.6 Å². The third-order valence-corrected chi connectivity index (χ3v) is 6.01. The van der Waals surface area contributed by atoms with Gasteiger partial charge in [0.15, 0.2) is 5.65 Å². The van der Waals surface area contributed by atoms with Gasteiger partial charge in [0.25, 0.3) is 0 Å². The first-order valence-electron chi connectivity index (χ1n) is 8.05. The monoisotopic (exact) mass is 415 g/mol. The van der Waals surface area contributed by atoms with Gasteiger partial charge in [0, 0.05) is 10.7 Å². The fourth-order valence-corrected chi connectivity index (χ4v) is 3.97. The molecule has 0 radical (unpaired) electrons. The van der Waals surface area contributed by atoms with Crippen LogP contribution in [0.2, 0.25) is 5.02 Å². The lowest BCUT2D eigenvalue weighted by molar-refractivity contribution is -0.113. The van der Waals surface area contributed by atoms with E-state index in [1.54, 1.807) is 21.9 Å². The Hall–Kier alpha value is -2.42. The number of thioether (sulfide) groups is 1. The summed E-state index contributed by atoms with van der Waals surface area (Å²) in [6, 6.07) is 13.2. The summed E-state index contributed by atoms with van der Waals surface area (Å²) in [6.07, 6.45) is 0. The van der Waals surface area contributed by atoms with Gasteiger partial charge in [-0.3, -0.25) is 4.79 Å². The highest BCUT2D eigenvalue weighted by molar-refractivity contribution is 7.99. The lowest BCUT2D eigenvalue weighted by Gasteiger charge is -2.06. The predicted molar refractivity (Wildman–Crippen MR) is 110 cm³/mol. The number of hydrogen-bond acceptors (Lipinski definition) is 6. The van der Waals surface area contributed by atoms with E-state index >= 15 is 0 Å². The van der Waals surface area contributed by atoms with Crippen LogP contribution in [0.25, 0.3) is 16.2 Å². The minimum Gasteiger partial charge on any atom is -0.325 e. The summed E-state index contributed by atoms with van der Waals surface area (Å²) in [4.78, 5) is 13.3. The molecule has 0 atom stereocenters. The Kier molecular flexibility index (Phi) is 5.11. The van der Waals surface area contributed by atoms with Crippen molar-refractivity contribution < 1.29 is 4.79 Å². The molecule has 136 valence electrons. The molecular formula is C18H14ClN5OS2. The number of nitrogens with one attached hydrogen (secondary N) is 1. The first-order valence-corrected chi connectivity index (χ1v) is 10.3. The molecule has 27 heavy (non-hydrogen) atoms. The molecule has 4 rings (SSSR count). The summed E-state index contributed by atoms with van der Waals surface area (Å²) in [5.74, 6) is 0.0445.